The molecule has 0 aromatic carbocycles. The summed E-state index contributed by atoms with van der Waals surface area (Å²) in [5, 5.41) is 4.41. The van der Waals surface area contributed by atoms with Gasteiger partial charge in [0.2, 0.25) is 0 Å². The van der Waals surface area contributed by atoms with Gasteiger partial charge in [-0.05, 0) is 38.0 Å². The lowest BCUT2D eigenvalue weighted by molar-refractivity contribution is 0.0376. The Morgan fingerprint density at radius 3 is 2.30 bits per heavy atom. The van der Waals surface area contributed by atoms with Gasteiger partial charge in [-0.2, -0.15) is 0 Å². The summed E-state index contributed by atoms with van der Waals surface area (Å²) < 4.78 is 5.36. The smallest absolute Gasteiger partial charge is 0.168 e. The highest BCUT2D eigenvalue weighted by Gasteiger charge is 2.12. The van der Waals surface area contributed by atoms with Crippen LogP contribution in [-0.2, 0) is 4.74 Å². The largest absolute Gasteiger partial charge is 0.379 e. The Balaban J connectivity index is 1.56. The Morgan fingerprint density at radius 1 is 0.950 bits per heavy atom. The molecule has 0 bridgehead atoms. The molecule has 2 fully saturated rings. The van der Waals surface area contributed by atoms with Gasteiger partial charge in [-0.3, -0.25) is 4.90 Å². The van der Waals surface area contributed by atoms with Crippen molar-refractivity contribution < 1.29 is 4.74 Å². The lowest BCUT2D eigenvalue weighted by Crippen LogP contribution is -2.43. The highest BCUT2D eigenvalue weighted by molar-refractivity contribution is 7.80. The number of nitrogens with one attached hydrogen (secondary N) is 1. The molecule has 4 nitrogen and oxygen atoms in total. The second-order valence-corrected chi connectivity index (χ2v) is 6.18. The topological polar surface area (TPSA) is 27.7 Å². The van der Waals surface area contributed by atoms with Gasteiger partial charge < -0.3 is 15.0 Å². The van der Waals surface area contributed by atoms with Gasteiger partial charge in [0.15, 0.2) is 5.11 Å². The van der Waals surface area contributed by atoms with Gasteiger partial charge in [-0.25, -0.2) is 0 Å². The van der Waals surface area contributed by atoms with E-state index in [0.717, 1.165) is 64.0 Å². The molecule has 2 aliphatic heterocycles. The first kappa shape index (κ1) is 16.0. The summed E-state index contributed by atoms with van der Waals surface area (Å²) in [6.07, 6.45) is 7.85. The van der Waals surface area contributed by atoms with Crippen LogP contribution in [0.2, 0.25) is 0 Å². The third-order valence-electron chi connectivity index (χ3n) is 4.17. The van der Waals surface area contributed by atoms with E-state index in [9.17, 15) is 0 Å². The van der Waals surface area contributed by atoms with E-state index in [2.05, 4.69) is 15.1 Å². The summed E-state index contributed by atoms with van der Waals surface area (Å²) in [5.74, 6) is 0. The molecule has 1 N–H and O–H groups in total. The predicted molar refractivity (Wildman–Crippen MR) is 87.1 cm³/mol. The summed E-state index contributed by atoms with van der Waals surface area (Å²) >= 11 is 5.53. The Kier molecular flexibility index (Phi) is 7.62. The molecule has 0 amide bonds. The van der Waals surface area contributed by atoms with Crippen molar-refractivity contribution in [2.75, 3.05) is 52.5 Å². The zero-order chi connectivity index (χ0) is 14.0. The maximum atomic E-state index is 5.53. The SMILES string of the molecule is S=C(NCCCN1CCOCC1)N1CCCCCCC1. The van der Waals surface area contributed by atoms with Gasteiger partial charge in [0, 0.05) is 32.7 Å². The third-order valence-corrected chi connectivity index (χ3v) is 4.58. The van der Waals surface area contributed by atoms with Crippen molar-refractivity contribution in [3.8, 4) is 0 Å². The average Bonchev–Trinajstić information content (AvgIpc) is 2.44. The Morgan fingerprint density at radius 2 is 1.60 bits per heavy atom. The molecule has 2 heterocycles. The normalized spacial score (nSPS) is 22.1. The van der Waals surface area contributed by atoms with Crippen molar-refractivity contribution >= 4 is 17.3 Å². The molecule has 0 radical (unpaired) electrons. The van der Waals surface area contributed by atoms with Crippen LogP contribution in [0.15, 0.2) is 0 Å². The highest BCUT2D eigenvalue weighted by atomic mass is 32.1. The van der Waals surface area contributed by atoms with Gasteiger partial charge in [0.05, 0.1) is 13.2 Å². The number of rotatable bonds is 4. The minimum Gasteiger partial charge on any atom is -0.379 e. The Labute approximate surface area is 128 Å². The van der Waals surface area contributed by atoms with Crippen LogP contribution in [0, 0.1) is 0 Å². The van der Waals surface area contributed by atoms with Gasteiger partial charge in [-0.15, -0.1) is 0 Å². The van der Waals surface area contributed by atoms with E-state index < -0.39 is 0 Å². The van der Waals surface area contributed by atoms with Crippen molar-refractivity contribution in [1.82, 2.24) is 15.1 Å². The molecule has 5 heteroatoms. The number of ether oxygens (including phenoxy) is 1. The summed E-state index contributed by atoms with van der Waals surface area (Å²) in [7, 11) is 0. The zero-order valence-corrected chi connectivity index (χ0v) is 13.4. The van der Waals surface area contributed by atoms with Crippen molar-refractivity contribution in [1.29, 1.82) is 0 Å². The molecule has 20 heavy (non-hydrogen) atoms. The summed E-state index contributed by atoms with van der Waals surface area (Å²) in [6, 6.07) is 0. The van der Waals surface area contributed by atoms with Gasteiger partial charge >= 0.3 is 0 Å². The van der Waals surface area contributed by atoms with Crippen LogP contribution in [0.1, 0.15) is 38.5 Å². The van der Waals surface area contributed by atoms with E-state index in [1.165, 1.54) is 32.1 Å². The van der Waals surface area contributed by atoms with E-state index in [4.69, 9.17) is 17.0 Å². The molecular formula is C15H29N3OS. The lowest BCUT2D eigenvalue weighted by atomic mass is 10.1. The second-order valence-electron chi connectivity index (χ2n) is 5.79. The number of hydrogen-bond acceptors (Lipinski definition) is 3. The molecule has 0 spiro atoms. The molecule has 0 aromatic heterocycles. The first-order chi connectivity index (χ1) is 9.86. The number of hydrogen-bond donors (Lipinski definition) is 1. The fraction of sp³-hybridized carbons (Fsp3) is 0.933. The van der Waals surface area contributed by atoms with Crippen molar-refractivity contribution in [2.45, 2.75) is 38.5 Å². The average molecular weight is 299 g/mol. The van der Waals surface area contributed by atoms with Gasteiger partial charge in [0.1, 0.15) is 0 Å². The molecule has 0 aromatic rings. The lowest BCUT2D eigenvalue weighted by Gasteiger charge is -2.29. The number of nitrogens with zero attached hydrogens (tertiary/aromatic N) is 2. The molecule has 0 atom stereocenters. The maximum absolute atomic E-state index is 5.53. The third kappa shape index (κ3) is 5.94. The fourth-order valence-electron chi connectivity index (χ4n) is 2.89. The maximum Gasteiger partial charge on any atom is 0.168 e. The number of morpholine rings is 1. The van der Waals surface area contributed by atoms with Crippen LogP contribution >= 0.6 is 12.2 Å². The predicted octanol–water partition coefficient (Wildman–Crippen LogP) is 1.85. The first-order valence-electron chi connectivity index (χ1n) is 8.19. The fourth-order valence-corrected chi connectivity index (χ4v) is 3.17. The van der Waals surface area contributed by atoms with Gasteiger partial charge in [0.25, 0.3) is 0 Å². The van der Waals surface area contributed by atoms with Crippen LogP contribution in [0.3, 0.4) is 0 Å². The van der Waals surface area contributed by atoms with Crippen LogP contribution in [-0.4, -0.2) is 67.4 Å². The standard InChI is InChI=1S/C15H29N3OS/c20-15(18-9-4-2-1-3-5-10-18)16-7-6-8-17-11-13-19-14-12-17/h1-14H2,(H,16,20). The van der Waals surface area contributed by atoms with Crippen molar-refractivity contribution in [3.63, 3.8) is 0 Å². The molecule has 2 aliphatic rings. The van der Waals surface area contributed by atoms with E-state index in [0.29, 0.717) is 0 Å². The van der Waals surface area contributed by atoms with Crippen LogP contribution < -0.4 is 5.32 Å². The molecule has 116 valence electrons. The summed E-state index contributed by atoms with van der Waals surface area (Å²) in [6.45, 7) is 8.35. The first-order valence-corrected chi connectivity index (χ1v) is 8.60. The van der Waals surface area contributed by atoms with Crippen molar-refractivity contribution in [2.24, 2.45) is 0 Å². The molecule has 2 rings (SSSR count). The second kappa shape index (κ2) is 9.53. The van der Waals surface area contributed by atoms with E-state index in [1.807, 2.05) is 0 Å². The minimum absolute atomic E-state index is 0.889. The van der Waals surface area contributed by atoms with Crippen LogP contribution in [0.4, 0.5) is 0 Å². The zero-order valence-electron chi connectivity index (χ0n) is 12.6. The quantitative estimate of drug-likeness (QED) is 0.632. The van der Waals surface area contributed by atoms with E-state index in [1.54, 1.807) is 0 Å². The van der Waals surface area contributed by atoms with Gasteiger partial charge in [-0.1, -0.05) is 19.3 Å². The Bertz CT molecular complexity index is 274. The minimum atomic E-state index is 0.889. The number of thiocarbonyl (C=S) groups is 1. The van der Waals surface area contributed by atoms with E-state index in [-0.39, 0.29) is 0 Å². The molecule has 0 saturated carbocycles. The van der Waals surface area contributed by atoms with E-state index >= 15 is 0 Å². The molecule has 0 aliphatic carbocycles. The van der Waals surface area contributed by atoms with Crippen LogP contribution in [0.25, 0.3) is 0 Å². The highest BCUT2D eigenvalue weighted by Crippen LogP contribution is 2.10. The summed E-state index contributed by atoms with van der Waals surface area (Å²) in [4.78, 5) is 4.84. The molecule has 0 unspecified atom stereocenters. The summed E-state index contributed by atoms with van der Waals surface area (Å²) in [5.41, 5.74) is 0. The molecular weight excluding hydrogens is 270 g/mol. The number of likely N-dealkylation sites (tertiary alicyclic amines) is 1. The molecule has 2 saturated heterocycles. The Hall–Kier alpha value is -0.390. The van der Waals surface area contributed by atoms with Crippen molar-refractivity contribution in [3.05, 3.63) is 0 Å². The van der Waals surface area contributed by atoms with Crippen LogP contribution in [0.5, 0.6) is 0 Å². The monoisotopic (exact) mass is 299 g/mol.